The summed E-state index contributed by atoms with van der Waals surface area (Å²) in [7, 11) is 0. The molecule has 7 nitrogen and oxygen atoms in total. The topological polar surface area (TPSA) is 110 Å². The minimum absolute atomic E-state index is 0.0383. The van der Waals surface area contributed by atoms with Crippen molar-refractivity contribution >= 4 is 23.6 Å². The highest BCUT2D eigenvalue weighted by Crippen LogP contribution is 2.65. The average Bonchev–Trinajstić information content (AvgIpc) is 3.13. The van der Waals surface area contributed by atoms with Crippen molar-refractivity contribution in [2.45, 2.75) is 110 Å². The van der Waals surface area contributed by atoms with Crippen molar-refractivity contribution in [3.05, 3.63) is 11.6 Å². The van der Waals surface area contributed by atoms with E-state index >= 15 is 0 Å². The van der Waals surface area contributed by atoms with Crippen molar-refractivity contribution in [1.82, 2.24) is 5.32 Å². The molecule has 36 heavy (non-hydrogen) atoms. The molecular formula is C29H43NO6. The number of nitrogens with one attached hydrogen (secondary N) is 1. The normalized spacial score (nSPS) is 36.2. The molecule has 0 spiro atoms. The lowest BCUT2D eigenvalue weighted by Gasteiger charge is -2.57. The molecule has 0 saturated heterocycles. The van der Waals surface area contributed by atoms with Crippen LogP contribution in [0, 0.1) is 34.5 Å². The van der Waals surface area contributed by atoms with Gasteiger partial charge in [0.2, 0.25) is 5.91 Å². The number of ketones is 1. The zero-order chi connectivity index (χ0) is 26.3. The highest BCUT2D eigenvalue weighted by atomic mass is 16.5. The number of carbonyl (C=O) groups is 4. The molecule has 4 aliphatic carbocycles. The largest absolute Gasteiger partial charge is 0.480 e. The fourth-order valence-corrected chi connectivity index (χ4v) is 8.10. The zero-order valence-corrected chi connectivity index (χ0v) is 22.3. The zero-order valence-electron chi connectivity index (χ0n) is 22.3. The number of ether oxygens (including phenoxy) is 1. The molecule has 0 aromatic heterocycles. The SMILES string of the molecule is CC(C)C[C@H](NC(=O)CCC(=O)O[C@H]1CC[C@H]2[C@@H]3CCC4=CC(=O)CC[C@]4(C)[C@H]3CC[C@]12C)C(=O)O. The van der Waals surface area contributed by atoms with E-state index in [9.17, 15) is 24.3 Å². The van der Waals surface area contributed by atoms with Crippen LogP contribution < -0.4 is 5.32 Å². The van der Waals surface area contributed by atoms with Crippen molar-refractivity contribution in [2.24, 2.45) is 34.5 Å². The first-order valence-electron chi connectivity index (χ1n) is 13.9. The van der Waals surface area contributed by atoms with Crippen LogP contribution in [-0.2, 0) is 23.9 Å². The van der Waals surface area contributed by atoms with Crippen molar-refractivity contribution in [3.63, 3.8) is 0 Å². The van der Waals surface area contributed by atoms with Gasteiger partial charge in [0.15, 0.2) is 5.78 Å². The highest BCUT2D eigenvalue weighted by Gasteiger charge is 2.59. The first-order valence-corrected chi connectivity index (χ1v) is 13.9. The van der Waals surface area contributed by atoms with E-state index in [1.165, 1.54) is 5.57 Å². The summed E-state index contributed by atoms with van der Waals surface area (Å²) >= 11 is 0. The van der Waals surface area contributed by atoms with E-state index in [1.807, 2.05) is 19.9 Å². The molecule has 3 saturated carbocycles. The van der Waals surface area contributed by atoms with Crippen LogP contribution in [0.25, 0.3) is 0 Å². The smallest absolute Gasteiger partial charge is 0.326 e. The predicted octanol–water partition coefficient (Wildman–Crippen LogP) is 4.83. The molecule has 1 amide bonds. The molecule has 200 valence electrons. The van der Waals surface area contributed by atoms with Crippen LogP contribution in [0.1, 0.15) is 98.3 Å². The summed E-state index contributed by atoms with van der Waals surface area (Å²) < 4.78 is 5.99. The lowest BCUT2D eigenvalue weighted by atomic mass is 9.47. The molecule has 4 rings (SSSR count). The third kappa shape index (κ3) is 5.12. The van der Waals surface area contributed by atoms with Crippen molar-refractivity contribution < 1.29 is 29.0 Å². The molecule has 0 bridgehead atoms. The van der Waals surface area contributed by atoms with Gasteiger partial charge in [-0.05, 0) is 86.5 Å². The molecule has 4 aliphatic rings. The summed E-state index contributed by atoms with van der Waals surface area (Å²) in [6.07, 6.45) is 9.81. The van der Waals surface area contributed by atoms with Crippen molar-refractivity contribution in [3.8, 4) is 0 Å². The van der Waals surface area contributed by atoms with Gasteiger partial charge in [-0.15, -0.1) is 0 Å². The number of rotatable bonds is 8. The number of amides is 1. The Bertz CT molecular complexity index is 940. The van der Waals surface area contributed by atoms with E-state index in [0.29, 0.717) is 30.6 Å². The molecule has 7 atom stereocenters. The summed E-state index contributed by atoms with van der Waals surface area (Å²) in [5.41, 5.74) is 1.44. The van der Waals surface area contributed by atoms with Gasteiger partial charge in [0.05, 0.1) is 6.42 Å². The number of carboxylic acids is 1. The second kappa shape index (κ2) is 10.3. The lowest BCUT2D eigenvalue weighted by Crippen LogP contribution is -2.51. The van der Waals surface area contributed by atoms with Gasteiger partial charge in [-0.1, -0.05) is 33.3 Å². The molecule has 3 fully saturated rings. The molecule has 0 aromatic rings. The number of carbonyl (C=O) groups excluding carboxylic acids is 3. The number of fused-ring (bicyclic) bond motifs is 5. The monoisotopic (exact) mass is 501 g/mol. The number of aliphatic carboxylic acids is 1. The molecule has 0 aromatic carbocycles. The Morgan fingerprint density at radius 1 is 1.06 bits per heavy atom. The van der Waals surface area contributed by atoms with E-state index in [-0.39, 0.29) is 47.4 Å². The van der Waals surface area contributed by atoms with Gasteiger partial charge in [-0.3, -0.25) is 14.4 Å². The van der Waals surface area contributed by atoms with E-state index < -0.39 is 17.9 Å². The van der Waals surface area contributed by atoms with Crippen molar-refractivity contribution in [1.29, 1.82) is 0 Å². The van der Waals surface area contributed by atoms with Crippen LogP contribution in [0.2, 0.25) is 0 Å². The van der Waals surface area contributed by atoms with E-state index in [1.54, 1.807) is 0 Å². The first kappa shape index (κ1) is 26.9. The summed E-state index contributed by atoms with van der Waals surface area (Å²) in [4.78, 5) is 48.4. The molecule has 2 N–H and O–H groups in total. The summed E-state index contributed by atoms with van der Waals surface area (Å²) in [6.45, 7) is 8.47. The van der Waals surface area contributed by atoms with Gasteiger partial charge < -0.3 is 15.2 Å². The minimum Gasteiger partial charge on any atom is -0.480 e. The fourth-order valence-electron chi connectivity index (χ4n) is 8.10. The maximum Gasteiger partial charge on any atom is 0.326 e. The maximum absolute atomic E-state index is 12.7. The summed E-state index contributed by atoms with van der Waals surface area (Å²) in [5, 5.41) is 11.9. The Morgan fingerprint density at radius 3 is 2.50 bits per heavy atom. The Morgan fingerprint density at radius 2 is 1.81 bits per heavy atom. The van der Waals surface area contributed by atoms with Gasteiger partial charge in [0.25, 0.3) is 0 Å². The number of hydrogen-bond donors (Lipinski definition) is 2. The Kier molecular flexibility index (Phi) is 7.68. The van der Waals surface area contributed by atoms with Crippen LogP contribution in [0.4, 0.5) is 0 Å². The number of esters is 1. The standard InChI is InChI=1S/C29H43NO6/c1-17(2)15-23(27(34)35)30-25(32)9-10-26(33)36-24-8-7-21-20-6-5-18-16-19(31)11-13-28(18,3)22(20)12-14-29(21,24)4/h16-17,20-24H,5-15H2,1-4H3,(H,30,32)(H,34,35)/t20-,21-,22-,23-,24-,28-,29-/m0/s1. The van der Waals surface area contributed by atoms with E-state index in [4.69, 9.17) is 4.74 Å². The van der Waals surface area contributed by atoms with Gasteiger partial charge in [-0.2, -0.15) is 0 Å². The van der Waals surface area contributed by atoms with Crippen LogP contribution in [0.15, 0.2) is 11.6 Å². The van der Waals surface area contributed by atoms with Gasteiger partial charge in [0.1, 0.15) is 12.1 Å². The van der Waals surface area contributed by atoms with Gasteiger partial charge >= 0.3 is 11.9 Å². The third-order valence-electron chi connectivity index (χ3n) is 10.0. The second-order valence-corrected chi connectivity index (χ2v) is 12.7. The minimum atomic E-state index is -1.06. The Balaban J connectivity index is 1.33. The van der Waals surface area contributed by atoms with Crippen LogP contribution in [0.3, 0.4) is 0 Å². The highest BCUT2D eigenvalue weighted by molar-refractivity contribution is 5.91. The lowest BCUT2D eigenvalue weighted by molar-refractivity contribution is -0.160. The molecule has 0 unspecified atom stereocenters. The predicted molar refractivity (Wildman–Crippen MR) is 135 cm³/mol. The molecule has 7 heteroatoms. The van der Waals surface area contributed by atoms with Crippen LogP contribution >= 0.6 is 0 Å². The van der Waals surface area contributed by atoms with Crippen LogP contribution in [-0.4, -0.2) is 40.9 Å². The number of hydrogen-bond acceptors (Lipinski definition) is 5. The molecule has 0 radical (unpaired) electrons. The number of allylic oxidation sites excluding steroid dienone is 1. The van der Waals surface area contributed by atoms with Gasteiger partial charge in [-0.25, -0.2) is 4.79 Å². The van der Waals surface area contributed by atoms with Gasteiger partial charge in [0, 0.05) is 18.3 Å². The second-order valence-electron chi connectivity index (χ2n) is 12.7. The molecule has 0 heterocycles. The third-order valence-corrected chi connectivity index (χ3v) is 10.0. The maximum atomic E-state index is 12.7. The quantitative estimate of drug-likeness (QED) is 0.461. The first-order chi connectivity index (χ1) is 16.9. The summed E-state index contributed by atoms with van der Waals surface area (Å²) in [5.74, 6) is 0.263. The van der Waals surface area contributed by atoms with Crippen LogP contribution in [0.5, 0.6) is 0 Å². The van der Waals surface area contributed by atoms with E-state index in [0.717, 1.165) is 44.9 Å². The van der Waals surface area contributed by atoms with E-state index in [2.05, 4.69) is 19.2 Å². The fraction of sp³-hybridized carbons (Fsp3) is 0.793. The Hall–Kier alpha value is -2.18. The molecular weight excluding hydrogens is 458 g/mol. The average molecular weight is 502 g/mol. The Labute approximate surface area is 214 Å². The summed E-state index contributed by atoms with van der Waals surface area (Å²) in [6, 6.07) is -0.937. The molecule has 0 aliphatic heterocycles. The number of carboxylic acid groups (broad SMARTS) is 1. The van der Waals surface area contributed by atoms with Crippen molar-refractivity contribution in [2.75, 3.05) is 0 Å².